The van der Waals surface area contributed by atoms with Gasteiger partial charge in [0.25, 0.3) is 0 Å². The standard InChI is InChI=1S/C13H19N3O2/c14-13(16-17)10-7-8-12(15-9-10)18-11-5-3-1-2-4-6-11/h7-9,11,17H,1-6H2,(H2,14,16). The Labute approximate surface area is 107 Å². The SMILES string of the molecule is N/C(=N\O)c1ccc(OC2CCCCCC2)nc1. The van der Waals surface area contributed by atoms with Gasteiger partial charge in [0.05, 0.1) is 0 Å². The van der Waals surface area contributed by atoms with E-state index in [2.05, 4.69) is 10.1 Å². The maximum atomic E-state index is 8.55. The molecule has 5 heteroatoms. The van der Waals surface area contributed by atoms with Gasteiger partial charge in [0, 0.05) is 17.8 Å². The Kier molecular flexibility index (Phi) is 4.39. The fraction of sp³-hybridized carbons (Fsp3) is 0.538. The molecule has 1 aromatic rings. The van der Waals surface area contributed by atoms with Gasteiger partial charge in [-0.3, -0.25) is 0 Å². The van der Waals surface area contributed by atoms with Crippen LogP contribution >= 0.6 is 0 Å². The molecule has 0 radical (unpaired) electrons. The monoisotopic (exact) mass is 249 g/mol. The molecule has 0 bridgehead atoms. The third kappa shape index (κ3) is 3.35. The van der Waals surface area contributed by atoms with E-state index in [0.29, 0.717) is 11.4 Å². The van der Waals surface area contributed by atoms with Crippen molar-refractivity contribution in [1.29, 1.82) is 0 Å². The minimum atomic E-state index is 0.0588. The third-order valence-corrected chi connectivity index (χ3v) is 3.23. The molecule has 1 aliphatic rings. The highest BCUT2D eigenvalue weighted by Crippen LogP contribution is 2.21. The van der Waals surface area contributed by atoms with Gasteiger partial charge in [0.15, 0.2) is 5.84 Å². The van der Waals surface area contributed by atoms with Gasteiger partial charge in [0.1, 0.15) is 6.10 Å². The zero-order valence-corrected chi connectivity index (χ0v) is 10.4. The highest BCUT2D eigenvalue weighted by molar-refractivity contribution is 5.96. The first kappa shape index (κ1) is 12.7. The van der Waals surface area contributed by atoms with E-state index in [0.717, 1.165) is 12.8 Å². The number of aromatic nitrogens is 1. The Bertz CT molecular complexity index is 395. The average Bonchev–Trinajstić information content (AvgIpc) is 2.67. The molecule has 0 aromatic carbocycles. The number of ether oxygens (including phenoxy) is 1. The molecular weight excluding hydrogens is 230 g/mol. The fourth-order valence-electron chi connectivity index (χ4n) is 2.19. The first-order valence-electron chi connectivity index (χ1n) is 6.40. The molecule has 0 atom stereocenters. The lowest BCUT2D eigenvalue weighted by atomic mass is 10.1. The maximum absolute atomic E-state index is 8.55. The largest absolute Gasteiger partial charge is 0.474 e. The molecule has 2 rings (SSSR count). The zero-order valence-electron chi connectivity index (χ0n) is 10.4. The van der Waals surface area contributed by atoms with Crippen molar-refractivity contribution in [2.24, 2.45) is 10.9 Å². The Balaban J connectivity index is 1.97. The number of nitrogens with zero attached hydrogens (tertiary/aromatic N) is 2. The molecule has 5 nitrogen and oxygen atoms in total. The van der Waals surface area contributed by atoms with Crippen molar-refractivity contribution in [2.75, 3.05) is 0 Å². The van der Waals surface area contributed by atoms with Crippen molar-refractivity contribution in [2.45, 2.75) is 44.6 Å². The molecule has 1 aliphatic carbocycles. The van der Waals surface area contributed by atoms with Gasteiger partial charge in [-0.15, -0.1) is 0 Å². The summed E-state index contributed by atoms with van der Waals surface area (Å²) in [6, 6.07) is 3.51. The summed E-state index contributed by atoms with van der Waals surface area (Å²) >= 11 is 0. The third-order valence-electron chi connectivity index (χ3n) is 3.23. The van der Waals surface area contributed by atoms with Crippen LogP contribution in [0.5, 0.6) is 5.88 Å². The van der Waals surface area contributed by atoms with Crippen LogP contribution in [0.15, 0.2) is 23.5 Å². The van der Waals surface area contributed by atoms with E-state index in [1.807, 2.05) is 0 Å². The van der Waals surface area contributed by atoms with E-state index < -0.39 is 0 Å². The number of nitrogens with two attached hydrogens (primary N) is 1. The zero-order chi connectivity index (χ0) is 12.8. The Morgan fingerprint density at radius 1 is 1.28 bits per heavy atom. The lowest BCUT2D eigenvalue weighted by Crippen LogP contribution is -2.17. The maximum Gasteiger partial charge on any atom is 0.213 e. The van der Waals surface area contributed by atoms with Crippen LogP contribution in [0.1, 0.15) is 44.1 Å². The van der Waals surface area contributed by atoms with Gasteiger partial charge in [-0.25, -0.2) is 4.98 Å². The van der Waals surface area contributed by atoms with E-state index >= 15 is 0 Å². The number of rotatable bonds is 3. The normalized spacial score (nSPS) is 18.3. The first-order valence-corrected chi connectivity index (χ1v) is 6.40. The van der Waals surface area contributed by atoms with E-state index in [9.17, 15) is 0 Å². The van der Waals surface area contributed by atoms with E-state index in [1.165, 1.54) is 25.7 Å². The van der Waals surface area contributed by atoms with Crippen LogP contribution in [-0.4, -0.2) is 22.1 Å². The summed E-state index contributed by atoms with van der Waals surface area (Å²) in [6.45, 7) is 0. The highest BCUT2D eigenvalue weighted by atomic mass is 16.5. The molecule has 0 saturated heterocycles. The van der Waals surface area contributed by atoms with Crippen LogP contribution in [0.4, 0.5) is 0 Å². The van der Waals surface area contributed by atoms with Gasteiger partial charge < -0.3 is 15.7 Å². The van der Waals surface area contributed by atoms with Crippen molar-refractivity contribution in [3.05, 3.63) is 23.9 Å². The molecule has 98 valence electrons. The number of oxime groups is 1. The fourth-order valence-corrected chi connectivity index (χ4v) is 2.19. The van der Waals surface area contributed by atoms with Crippen molar-refractivity contribution in [3.63, 3.8) is 0 Å². The number of hydrogen-bond donors (Lipinski definition) is 2. The summed E-state index contributed by atoms with van der Waals surface area (Å²) in [7, 11) is 0. The summed E-state index contributed by atoms with van der Waals surface area (Å²) in [4.78, 5) is 4.18. The average molecular weight is 249 g/mol. The molecule has 1 fully saturated rings. The van der Waals surface area contributed by atoms with E-state index in [4.69, 9.17) is 15.7 Å². The second-order valence-electron chi connectivity index (χ2n) is 4.60. The first-order chi connectivity index (χ1) is 8.79. The Morgan fingerprint density at radius 2 is 2.00 bits per heavy atom. The minimum Gasteiger partial charge on any atom is -0.474 e. The summed E-state index contributed by atoms with van der Waals surface area (Å²) < 4.78 is 5.85. The highest BCUT2D eigenvalue weighted by Gasteiger charge is 2.14. The lowest BCUT2D eigenvalue weighted by Gasteiger charge is -2.15. The second-order valence-corrected chi connectivity index (χ2v) is 4.60. The van der Waals surface area contributed by atoms with Gasteiger partial charge >= 0.3 is 0 Å². The summed E-state index contributed by atoms with van der Waals surface area (Å²) in [5, 5.41) is 11.5. The second kappa shape index (κ2) is 6.23. The van der Waals surface area contributed by atoms with Crippen molar-refractivity contribution < 1.29 is 9.94 Å². The van der Waals surface area contributed by atoms with Crippen LogP contribution in [-0.2, 0) is 0 Å². The van der Waals surface area contributed by atoms with Gasteiger partial charge in [-0.05, 0) is 31.7 Å². The Morgan fingerprint density at radius 3 is 2.56 bits per heavy atom. The molecule has 0 amide bonds. The molecule has 1 aromatic heterocycles. The van der Waals surface area contributed by atoms with Crippen molar-refractivity contribution in [1.82, 2.24) is 4.98 Å². The predicted octanol–water partition coefficient (Wildman–Crippen LogP) is 2.28. The molecule has 1 heterocycles. The topological polar surface area (TPSA) is 80.7 Å². The van der Waals surface area contributed by atoms with Crippen molar-refractivity contribution >= 4 is 5.84 Å². The van der Waals surface area contributed by atoms with Crippen LogP contribution < -0.4 is 10.5 Å². The Hall–Kier alpha value is -1.78. The number of hydrogen-bond acceptors (Lipinski definition) is 4. The van der Waals surface area contributed by atoms with Crippen LogP contribution in [0.25, 0.3) is 0 Å². The summed E-state index contributed by atoms with van der Waals surface area (Å²) in [5.74, 6) is 0.667. The quantitative estimate of drug-likeness (QED) is 0.283. The van der Waals surface area contributed by atoms with E-state index in [1.54, 1.807) is 18.3 Å². The molecule has 1 saturated carbocycles. The van der Waals surface area contributed by atoms with Gasteiger partial charge in [0.2, 0.25) is 5.88 Å². The van der Waals surface area contributed by atoms with Gasteiger partial charge in [-0.1, -0.05) is 18.0 Å². The van der Waals surface area contributed by atoms with Crippen LogP contribution in [0.3, 0.4) is 0 Å². The van der Waals surface area contributed by atoms with E-state index in [-0.39, 0.29) is 11.9 Å². The molecule has 3 N–H and O–H groups in total. The summed E-state index contributed by atoms with van der Waals surface area (Å²) in [6.07, 6.45) is 9.09. The molecule has 0 aliphatic heterocycles. The van der Waals surface area contributed by atoms with Gasteiger partial charge in [-0.2, -0.15) is 0 Å². The smallest absolute Gasteiger partial charge is 0.213 e. The van der Waals surface area contributed by atoms with Crippen molar-refractivity contribution in [3.8, 4) is 5.88 Å². The molecular formula is C13H19N3O2. The van der Waals surface area contributed by atoms with Crippen LogP contribution in [0.2, 0.25) is 0 Å². The molecule has 0 spiro atoms. The molecule has 0 unspecified atom stereocenters. The predicted molar refractivity (Wildman–Crippen MR) is 68.9 cm³/mol. The lowest BCUT2D eigenvalue weighted by molar-refractivity contribution is 0.176. The van der Waals surface area contributed by atoms with Crippen LogP contribution in [0, 0.1) is 0 Å². The summed E-state index contributed by atoms with van der Waals surface area (Å²) in [5.41, 5.74) is 6.06. The number of pyridine rings is 1. The minimum absolute atomic E-state index is 0.0588. The number of amidine groups is 1. The molecule has 18 heavy (non-hydrogen) atoms.